The van der Waals surface area contributed by atoms with Crippen LogP contribution in [0, 0.1) is 5.92 Å². The molecule has 1 fully saturated rings. The van der Waals surface area contributed by atoms with E-state index in [4.69, 9.17) is 5.73 Å². The molecular formula is C10H14N2O. The fourth-order valence-corrected chi connectivity index (χ4v) is 1.96. The second-order valence-electron chi connectivity index (χ2n) is 3.75. The Morgan fingerprint density at radius 2 is 2.31 bits per heavy atom. The van der Waals surface area contributed by atoms with Crippen LogP contribution in [0.3, 0.4) is 0 Å². The molecule has 2 atom stereocenters. The molecule has 2 rings (SSSR count). The van der Waals surface area contributed by atoms with Crippen LogP contribution in [0.5, 0.6) is 0 Å². The Hall–Kier alpha value is -1.09. The molecule has 1 amide bonds. The van der Waals surface area contributed by atoms with Crippen LogP contribution in [-0.4, -0.2) is 11.9 Å². The van der Waals surface area contributed by atoms with Crippen molar-refractivity contribution in [2.24, 2.45) is 11.7 Å². The number of allylic oxidation sites excluding steroid dienone is 3. The van der Waals surface area contributed by atoms with Gasteiger partial charge in [0.2, 0.25) is 5.91 Å². The van der Waals surface area contributed by atoms with Crippen molar-refractivity contribution in [2.75, 3.05) is 0 Å². The number of hydrogen-bond acceptors (Lipinski definition) is 2. The highest BCUT2D eigenvalue weighted by molar-refractivity contribution is 5.85. The van der Waals surface area contributed by atoms with Gasteiger partial charge in [-0.15, -0.1) is 0 Å². The van der Waals surface area contributed by atoms with E-state index >= 15 is 0 Å². The fraction of sp³-hybridized carbons (Fsp3) is 0.500. The predicted octanol–water partition coefficient (Wildman–Crippen LogP) is 0.684. The van der Waals surface area contributed by atoms with E-state index in [2.05, 4.69) is 18.3 Å². The first-order valence-electron chi connectivity index (χ1n) is 4.65. The number of nitrogens with two attached hydrogens (primary N) is 1. The predicted molar refractivity (Wildman–Crippen MR) is 50.7 cm³/mol. The highest BCUT2D eigenvalue weighted by Gasteiger charge is 2.27. The van der Waals surface area contributed by atoms with Crippen LogP contribution in [0.15, 0.2) is 23.4 Å². The molecule has 0 saturated carbocycles. The smallest absolute Gasteiger partial charge is 0.241 e. The molecule has 2 unspecified atom stereocenters. The van der Waals surface area contributed by atoms with Gasteiger partial charge >= 0.3 is 0 Å². The van der Waals surface area contributed by atoms with Crippen molar-refractivity contribution in [1.29, 1.82) is 0 Å². The summed E-state index contributed by atoms with van der Waals surface area (Å²) in [6, 6.07) is -0.359. The number of nitrogens with one attached hydrogen (secondary N) is 1. The summed E-state index contributed by atoms with van der Waals surface area (Å²) in [5.41, 5.74) is 7.93. The number of carbonyl (C=O) groups excluding carboxylic acids is 1. The van der Waals surface area contributed by atoms with Crippen molar-refractivity contribution >= 4 is 5.91 Å². The van der Waals surface area contributed by atoms with Gasteiger partial charge in [0.25, 0.3) is 0 Å². The summed E-state index contributed by atoms with van der Waals surface area (Å²) in [4.78, 5) is 11.4. The molecule has 0 radical (unpaired) electrons. The summed E-state index contributed by atoms with van der Waals surface area (Å²) >= 11 is 0. The van der Waals surface area contributed by atoms with Gasteiger partial charge in [0.1, 0.15) is 0 Å². The Kier molecular flexibility index (Phi) is 1.96. The van der Waals surface area contributed by atoms with Crippen LogP contribution in [0.1, 0.15) is 19.8 Å². The lowest BCUT2D eigenvalue weighted by Gasteiger charge is -2.11. The SMILES string of the molecule is CC1CC(N)C(=O)NC2=CCC=C21. The van der Waals surface area contributed by atoms with Crippen LogP contribution < -0.4 is 11.1 Å². The maximum atomic E-state index is 11.4. The molecule has 0 aromatic carbocycles. The topological polar surface area (TPSA) is 55.1 Å². The zero-order chi connectivity index (χ0) is 9.42. The van der Waals surface area contributed by atoms with E-state index in [0.717, 1.165) is 18.5 Å². The molecule has 1 heterocycles. The third-order valence-electron chi connectivity index (χ3n) is 2.70. The average Bonchev–Trinajstić information content (AvgIpc) is 2.48. The summed E-state index contributed by atoms with van der Waals surface area (Å²) in [7, 11) is 0. The van der Waals surface area contributed by atoms with E-state index in [-0.39, 0.29) is 11.9 Å². The second kappa shape index (κ2) is 3.00. The standard InChI is InChI=1S/C10H14N2O/c1-6-5-8(11)10(13)12-9-4-2-3-7(6)9/h3-4,6,8H,2,5,11H2,1H3,(H,12,13). The fourth-order valence-electron chi connectivity index (χ4n) is 1.96. The van der Waals surface area contributed by atoms with Crippen LogP contribution in [0.2, 0.25) is 0 Å². The number of rotatable bonds is 0. The maximum Gasteiger partial charge on any atom is 0.241 e. The lowest BCUT2D eigenvalue weighted by Crippen LogP contribution is -2.38. The van der Waals surface area contributed by atoms with Crippen molar-refractivity contribution in [3.8, 4) is 0 Å². The first-order chi connectivity index (χ1) is 6.18. The monoisotopic (exact) mass is 178 g/mol. The lowest BCUT2D eigenvalue weighted by atomic mass is 9.95. The second-order valence-corrected chi connectivity index (χ2v) is 3.75. The van der Waals surface area contributed by atoms with E-state index < -0.39 is 0 Å². The minimum absolute atomic E-state index is 0.0524. The van der Waals surface area contributed by atoms with Gasteiger partial charge in [-0.3, -0.25) is 4.79 Å². The van der Waals surface area contributed by atoms with Crippen molar-refractivity contribution in [2.45, 2.75) is 25.8 Å². The Bertz CT molecular complexity index is 304. The molecule has 70 valence electrons. The molecule has 2 aliphatic rings. The van der Waals surface area contributed by atoms with Crippen molar-refractivity contribution in [1.82, 2.24) is 5.32 Å². The van der Waals surface area contributed by atoms with E-state index in [9.17, 15) is 4.79 Å². The highest BCUT2D eigenvalue weighted by atomic mass is 16.2. The van der Waals surface area contributed by atoms with Crippen LogP contribution in [-0.2, 0) is 4.79 Å². The number of fused-ring (bicyclic) bond motifs is 1. The molecule has 0 aromatic heterocycles. The molecule has 0 spiro atoms. The highest BCUT2D eigenvalue weighted by Crippen LogP contribution is 2.29. The van der Waals surface area contributed by atoms with Gasteiger partial charge in [-0.2, -0.15) is 0 Å². The Labute approximate surface area is 77.7 Å². The Balaban J connectivity index is 2.30. The summed E-state index contributed by atoms with van der Waals surface area (Å²) < 4.78 is 0. The molecule has 3 heteroatoms. The third kappa shape index (κ3) is 1.40. The first kappa shape index (κ1) is 8.51. The Morgan fingerprint density at radius 3 is 3.08 bits per heavy atom. The molecule has 0 bridgehead atoms. The summed E-state index contributed by atoms with van der Waals surface area (Å²) in [6.07, 6.45) is 5.89. The van der Waals surface area contributed by atoms with E-state index in [0.29, 0.717) is 5.92 Å². The molecule has 1 saturated heterocycles. The van der Waals surface area contributed by atoms with E-state index in [1.807, 2.05) is 6.08 Å². The molecule has 0 aromatic rings. The van der Waals surface area contributed by atoms with Crippen molar-refractivity contribution in [3.63, 3.8) is 0 Å². The third-order valence-corrected chi connectivity index (χ3v) is 2.70. The number of amides is 1. The largest absolute Gasteiger partial charge is 0.325 e. The molecule has 1 aliphatic heterocycles. The molecule has 3 N–H and O–H groups in total. The van der Waals surface area contributed by atoms with Gasteiger partial charge in [-0.25, -0.2) is 0 Å². The van der Waals surface area contributed by atoms with Gasteiger partial charge in [0.05, 0.1) is 6.04 Å². The van der Waals surface area contributed by atoms with Gasteiger partial charge in [-0.05, 0) is 24.3 Å². The zero-order valence-electron chi connectivity index (χ0n) is 7.71. The molecular weight excluding hydrogens is 164 g/mol. The minimum atomic E-state index is -0.359. The molecule has 13 heavy (non-hydrogen) atoms. The zero-order valence-corrected chi connectivity index (χ0v) is 7.71. The quantitative estimate of drug-likeness (QED) is 0.573. The van der Waals surface area contributed by atoms with Gasteiger partial charge in [0, 0.05) is 5.70 Å². The minimum Gasteiger partial charge on any atom is -0.325 e. The number of carbonyl (C=O) groups is 1. The maximum absolute atomic E-state index is 11.4. The lowest BCUT2D eigenvalue weighted by molar-refractivity contribution is -0.121. The summed E-state index contributed by atoms with van der Waals surface area (Å²) in [5, 5.41) is 2.85. The van der Waals surface area contributed by atoms with Gasteiger partial charge in [-0.1, -0.05) is 19.1 Å². The van der Waals surface area contributed by atoms with Crippen LogP contribution in [0.4, 0.5) is 0 Å². The van der Waals surface area contributed by atoms with Crippen LogP contribution in [0.25, 0.3) is 0 Å². The van der Waals surface area contributed by atoms with E-state index in [1.165, 1.54) is 5.57 Å². The normalized spacial score (nSPS) is 32.9. The molecule has 3 nitrogen and oxygen atoms in total. The Morgan fingerprint density at radius 1 is 1.54 bits per heavy atom. The van der Waals surface area contributed by atoms with Gasteiger partial charge in [0.15, 0.2) is 0 Å². The molecule has 1 aliphatic carbocycles. The van der Waals surface area contributed by atoms with E-state index in [1.54, 1.807) is 0 Å². The average molecular weight is 178 g/mol. The van der Waals surface area contributed by atoms with Gasteiger partial charge < -0.3 is 11.1 Å². The number of hydrogen-bond donors (Lipinski definition) is 2. The first-order valence-corrected chi connectivity index (χ1v) is 4.65. The summed E-state index contributed by atoms with van der Waals surface area (Å²) in [5.74, 6) is 0.339. The van der Waals surface area contributed by atoms with Crippen molar-refractivity contribution < 1.29 is 4.79 Å². The van der Waals surface area contributed by atoms with Crippen molar-refractivity contribution in [3.05, 3.63) is 23.4 Å². The van der Waals surface area contributed by atoms with Crippen LogP contribution >= 0.6 is 0 Å². The summed E-state index contributed by atoms with van der Waals surface area (Å²) in [6.45, 7) is 2.12.